The Morgan fingerprint density at radius 2 is 1.97 bits per heavy atom. The normalized spacial score (nSPS) is 14.5. The highest BCUT2D eigenvalue weighted by molar-refractivity contribution is 7.90. The van der Waals surface area contributed by atoms with Crippen LogP contribution in [-0.4, -0.2) is 61.5 Å². The Balaban J connectivity index is 1.33. The number of H-pyrrole nitrogens is 1. The van der Waals surface area contributed by atoms with Crippen LogP contribution in [0.15, 0.2) is 41.9 Å². The molecular formula is C26H31N7O4S2. The van der Waals surface area contributed by atoms with Gasteiger partial charge in [-0.25, -0.2) is 8.42 Å². The number of fused-ring (bicyclic) bond motifs is 1. The Bertz CT molecular complexity index is 1590. The fourth-order valence-electron chi connectivity index (χ4n) is 4.78. The lowest BCUT2D eigenvalue weighted by Crippen LogP contribution is -2.34. The summed E-state index contributed by atoms with van der Waals surface area (Å²) in [7, 11) is -1.31. The number of amides is 1. The molecule has 4 aromatic rings. The highest BCUT2D eigenvalue weighted by Gasteiger charge is 2.22. The van der Waals surface area contributed by atoms with Crippen LogP contribution in [0.2, 0.25) is 0 Å². The summed E-state index contributed by atoms with van der Waals surface area (Å²) in [5.41, 5.74) is 8.47. The van der Waals surface area contributed by atoms with Crippen LogP contribution in [0.1, 0.15) is 28.9 Å². The molecule has 11 nitrogen and oxygen atoms in total. The van der Waals surface area contributed by atoms with Crippen molar-refractivity contribution in [1.82, 2.24) is 15.0 Å². The molecule has 1 fully saturated rings. The lowest BCUT2D eigenvalue weighted by molar-refractivity contribution is 0.100. The molecule has 0 atom stereocenters. The van der Waals surface area contributed by atoms with Gasteiger partial charge in [-0.15, -0.1) is 11.3 Å². The second-order valence-electron chi connectivity index (χ2n) is 9.65. The van der Waals surface area contributed by atoms with E-state index in [0.717, 1.165) is 43.4 Å². The van der Waals surface area contributed by atoms with E-state index < -0.39 is 15.7 Å². The van der Waals surface area contributed by atoms with Crippen molar-refractivity contribution in [3.63, 3.8) is 0 Å². The number of hydrogen-bond acceptors (Lipinski definition) is 10. The number of carbonyl (C=O) groups excluding carboxylic acids is 1. The number of methoxy groups -OCH3 is 1. The highest BCUT2D eigenvalue weighted by atomic mass is 32.2. The van der Waals surface area contributed by atoms with Crippen molar-refractivity contribution in [3.8, 4) is 5.75 Å². The maximum Gasteiger partial charge on any atom is 0.260 e. The number of thiophene rings is 1. The number of piperidine rings is 1. The standard InChI is InChI=1S/C26H31N7O4S2/c1-37-21-15-17(33-11-6-16(7-12-33)9-14-39(2,35)36)3-4-19(21)30-26-31-24-18(5-10-28-24)25(32-26)29-20-8-13-38-22(20)23(27)34/h3-5,8,10,13,15-16H,6-7,9,11-12,14H2,1-2H3,(H2,27,34)(H3,28,29,30,31,32). The van der Waals surface area contributed by atoms with Crippen LogP contribution in [0.3, 0.4) is 0 Å². The van der Waals surface area contributed by atoms with Gasteiger partial charge in [-0.05, 0) is 54.8 Å². The minimum absolute atomic E-state index is 0.249. The van der Waals surface area contributed by atoms with E-state index in [1.54, 1.807) is 24.8 Å². The van der Waals surface area contributed by atoms with Crippen molar-refractivity contribution >= 4 is 66.9 Å². The molecule has 0 saturated carbocycles. The van der Waals surface area contributed by atoms with Crippen LogP contribution in [-0.2, 0) is 9.84 Å². The molecule has 1 saturated heterocycles. The van der Waals surface area contributed by atoms with Gasteiger partial charge in [0.05, 0.1) is 29.6 Å². The third kappa shape index (κ3) is 6.25. The molecular weight excluding hydrogens is 538 g/mol. The quantitative estimate of drug-likeness (QED) is 0.219. The number of aromatic nitrogens is 3. The summed E-state index contributed by atoms with van der Waals surface area (Å²) in [6, 6.07) is 9.59. The van der Waals surface area contributed by atoms with E-state index in [1.165, 1.54) is 17.6 Å². The summed E-state index contributed by atoms with van der Waals surface area (Å²) in [6.45, 7) is 1.73. The maximum absolute atomic E-state index is 11.8. The van der Waals surface area contributed by atoms with Crippen molar-refractivity contribution in [1.29, 1.82) is 0 Å². The summed E-state index contributed by atoms with van der Waals surface area (Å²) in [5.74, 6) is 1.69. The number of rotatable bonds is 10. The van der Waals surface area contributed by atoms with E-state index in [0.29, 0.717) is 45.3 Å². The number of sulfone groups is 1. The number of benzene rings is 1. The maximum atomic E-state index is 11.8. The molecule has 5 rings (SSSR count). The molecule has 3 aromatic heterocycles. The zero-order valence-corrected chi connectivity index (χ0v) is 23.4. The number of nitrogens with two attached hydrogens (primary N) is 1. The molecule has 0 bridgehead atoms. The molecule has 5 N–H and O–H groups in total. The van der Waals surface area contributed by atoms with Gasteiger partial charge in [0.2, 0.25) is 5.95 Å². The predicted molar refractivity (Wildman–Crippen MR) is 156 cm³/mol. The minimum Gasteiger partial charge on any atom is -0.494 e. The van der Waals surface area contributed by atoms with Gasteiger partial charge < -0.3 is 31.0 Å². The van der Waals surface area contributed by atoms with E-state index >= 15 is 0 Å². The molecule has 1 aliphatic rings. The summed E-state index contributed by atoms with van der Waals surface area (Å²) in [5, 5.41) is 9.04. The average Bonchev–Trinajstić information content (AvgIpc) is 3.57. The first-order valence-electron chi connectivity index (χ1n) is 12.6. The molecule has 39 heavy (non-hydrogen) atoms. The van der Waals surface area contributed by atoms with E-state index in [9.17, 15) is 13.2 Å². The summed E-state index contributed by atoms with van der Waals surface area (Å²) in [4.78, 5) is 26.9. The van der Waals surface area contributed by atoms with Gasteiger partial charge in [-0.1, -0.05) is 0 Å². The van der Waals surface area contributed by atoms with Crippen LogP contribution in [0.5, 0.6) is 5.75 Å². The van der Waals surface area contributed by atoms with Gasteiger partial charge in [0.15, 0.2) is 0 Å². The molecule has 4 heterocycles. The van der Waals surface area contributed by atoms with Gasteiger partial charge >= 0.3 is 0 Å². The first kappa shape index (κ1) is 26.8. The fraction of sp³-hybridized carbons (Fsp3) is 0.346. The summed E-state index contributed by atoms with van der Waals surface area (Å²) in [6.07, 6.45) is 5.71. The topological polar surface area (TPSA) is 155 Å². The highest BCUT2D eigenvalue weighted by Crippen LogP contribution is 2.35. The number of ether oxygens (including phenoxy) is 1. The van der Waals surface area contributed by atoms with Crippen molar-refractivity contribution in [3.05, 3.63) is 46.8 Å². The molecule has 13 heteroatoms. The van der Waals surface area contributed by atoms with Gasteiger partial charge in [0.1, 0.15) is 31.9 Å². The Hall–Kier alpha value is -3.84. The monoisotopic (exact) mass is 569 g/mol. The van der Waals surface area contributed by atoms with Crippen LogP contribution in [0.25, 0.3) is 11.0 Å². The molecule has 206 valence electrons. The van der Waals surface area contributed by atoms with Crippen LogP contribution in [0, 0.1) is 5.92 Å². The summed E-state index contributed by atoms with van der Waals surface area (Å²) >= 11 is 1.26. The van der Waals surface area contributed by atoms with E-state index in [2.05, 4.69) is 30.5 Å². The van der Waals surface area contributed by atoms with Crippen molar-refractivity contribution < 1.29 is 17.9 Å². The van der Waals surface area contributed by atoms with E-state index in [4.69, 9.17) is 10.5 Å². The molecule has 0 aliphatic carbocycles. The smallest absolute Gasteiger partial charge is 0.260 e. The molecule has 1 amide bonds. The van der Waals surface area contributed by atoms with Gasteiger partial charge in [-0.2, -0.15) is 9.97 Å². The van der Waals surface area contributed by atoms with Crippen LogP contribution in [0.4, 0.5) is 28.8 Å². The number of nitrogens with one attached hydrogen (secondary N) is 3. The Morgan fingerprint density at radius 3 is 2.69 bits per heavy atom. The third-order valence-electron chi connectivity index (χ3n) is 6.87. The number of nitrogens with zero attached hydrogens (tertiary/aromatic N) is 3. The first-order valence-corrected chi connectivity index (χ1v) is 15.5. The zero-order chi connectivity index (χ0) is 27.6. The van der Waals surface area contributed by atoms with Crippen LogP contribution < -0.4 is 26.0 Å². The average molecular weight is 570 g/mol. The number of aromatic amines is 1. The Kier molecular flexibility index (Phi) is 7.62. The SMILES string of the molecule is COc1cc(N2CCC(CCS(C)(=O)=O)CC2)ccc1Nc1nc(Nc2ccsc2C(N)=O)c2cc[nH]c2n1. The Morgan fingerprint density at radius 1 is 1.18 bits per heavy atom. The minimum atomic E-state index is -2.93. The van der Waals surface area contributed by atoms with Crippen molar-refractivity contribution in [2.24, 2.45) is 11.7 Å². The second-order valence-corrected chi connectivity index (χ2v) is 12.8. The molecule has 0 radical (unpaired) electrons. The number of anilines is 5. The first-order chi connectivity index (χ1) is 18.7. The Labute approximate surface area is 230 Å². The van der Waals surface area contributed by atoms with Crippen LogP contribution >= 0.6 is 11.3 Å². The number of hydrogen-bond donors (Lipinski definition) is 4. The van der Waals surface area contributed by atoms with Gasteiger partial charge in [-0.3, -0.25) is 4.79 Å². The lowest BCUT2D eigenvalue weighted by atomic mass is 9.94. The third-order valence-corrected chi connectivity index (χ3v) is 8.77. The molecule has 1 aromatic carbocycles. The zero-order valence-electron chi connectivity index (χ0n) is 21.7. The second kappa shape index (κ2) is 11.1. The molecule has 1 aliphatic heterocycles. The van der Waals surface area contributed by atoms with Crippen molar-refractivity contribution in [2.75, 3.05) is 47.7 Å². The van der Waals surface area contributed by atoms with E-state index in [-0.39, 0.29) is 5.75 Å². The van der Waals surface area contributed by atoms with Gasteiger partial charge in [0.25, 0.3) is 5.91 Å². The van der Waals surface area contributed by atoms with Crippen molar-refractivity contribution in [2.45, 2.75) is 19.3 Å². The van der Waals surface area contributed by atoms with Gasteiger partial charge in [0, 0.05) is 37.3 Å². The lowest BCUT2D eigenvalue weighted by Gasteiger charge is -2.34. The number of primary amides is 1. The summed E-state index contributed by atoms with van der Waals surface area (Å²) < 4.78 is 28.7. The molecule has 0 unspecified atom stereocenters. The van der Waals surface area contributed by atoms with E-state index in [1.807, 2.05) is 24.3 Å². The molecule has 0 spiro atoms. The number of carbonyl (C=O) groups is 1. The predicted octanol–water partition coefficient (Wildman–Crippen LogP) is 4.27. The fourth-order valence-corrected chi connectivity index (χ4v) is 6.24. The largest absolute Gasteiger partial charge is 0.494 e.